The molecule has 0 heterocycles. The van der Waals surface area contributed by atoms with Gasteiger partial charge in [-0.05, 0) is 77.0 Å². The van der Waals surface area contributed by atoms with Crippen molar-refractivity contribution in [2.24, 2.45) is 0 Å². The monoisotopic (exact) mass is 1040 g/mol. The van der Waals surface area contributed by atoms with Gasteiger partial charge in [0, 0.05) is 60.3 Å². The smallest absolute Gasteiger partial charge is 0.306 e. The van der Waals surface area contributed by atoms with Gasteiger partial charge in [0.2, 0.25) is 0 Å². The number of carbonyl (C=O) groups is 9. The summed E-state index contributed by atoms with van der Waals surface area (Å²) in [5, 5.41) is 0. The van der Waals surface area contributed by atoms with Crippen molar-refractivity contribution in [3.05, 3.63) is 24.3 Å². The Hall–Kier alpha value is -5.29. The summed E-state index contributed by atoms with van der Waals surface area (Å²) in [6, 6.07) is 0. The lowest BCUT2D eigenvalue weighted by molar-refractivity contribution is -0.166. The lowest BCUT2D eigenvalue weighted by Gasteiger charge is -2.17. The summed E-state index contributed by atoms with van der Waals surface area (Å²) in [7, 11) is 0. The van der Waals surface area contributed by atoms with Crippen LogP contribution in [0.25, 0.3) is 0 Å². The average Bonchev–Trinajstić information content (AvgIpc) is 3.33. The minimum absolute atomic E-state index is 0.158. The van der Waals surface area contributed by atoms with E-state index in [4.69, 9.17) is 42.6 Å². The van der Waals surface area contributed by atoms with E-state index in [2.05, 4.69) is 24.3 Å². The van der Waals surface area contributed by atoms with Gasteiger partial charge in [-0.25, -0.2) is 0 Å². The van der Waals surface area contributed by atoms with Crippen LogP contribution in [0, 0.1) is 0 Å². The van der Waals surface area contributed by atoms with Crippen molar-refractivity contribution in [2.75, 3.05) is 39.6 Å². The number of hydrogen-bond donors (Lipinski definition) is 0. The summed E-state index contributed by atoms with van der Waals surface area (Å²) < 4.78 is 46.1. The third kappa shape index (κ3) is 50.0. The van der Waals surface area contributed by atoms with E-state index >= 15 is 0 Å². The van der Waals surface area contributed by atoms with Gasteiger partial charge in [-0.3, -0.25) is 43.2 Å². The van der Waals surface area contributed by atoms with Crippen molar-refractivity contribution >= 4 is 53.7 Å². The number of allylic oxidation sites excluding steroid dienone is 4. The van der Waals surface area contributed by atoms with Crippen LogP contribution in [0.5, 0.6) is 0 Å². The van der Waals surface area contributed by atoms with Gasteiger partial charge in [-0.15, -0.1) is 0 Å². The molecule has 1 atom stereocenters. The Morgan fingerprint density at radius 3 is 0.685 bits per heavy atom. The van der Waals surface area contributed by atoms with Crippen LogP contribution < -0.4 is 0 Å². The molecule has 0 bridgehead atoms. The van der Waals surface area contributed by atoms with Crippen LogP contribution in [0.2, 0.25) is 0 Å². The Kier molecular flexibility index (Phi) is 44.2. The fourth-order valence-corrected chi connectivity index (χ4v) is 7.11. The van der Waals surface area contributed by atoms with Gasteiger partial charge in [-0.2, -0.15) is 0 Å². The number of hydrogen-bond acceptors (Lipinski definition) is 18. The first-order valence-corrected chi connectivity index (χ1v) is 26.8. The van der Waals surface area contributed by atoms with E-state index < -0.39 is 66.1 Å². The molecule has 0 aliphatic rings. The highest BCUT2D eigenvalue weighted by atomic mass is 16.6. The number of unbranched alkanes of at least 4 members (excludes halogenated alkanes) is 20. The van der Waals surface area contributed by atoms with Crippen LogP contribution in [0.15, 0.2) is 24.3 Å². The SMILES string of the molecule is CC(=O)OCC(COC(C)=O)OC(=O)CCCCCCC/C=C/CCCCCCCC(=O)OCC(COC(C)=O)OC(=O)CCCCCCC/C=C/CCCCCCCC(=O)OC(COC(C)=O)COC(C)=O. The Morgan fingerprint density at radius 2 is 0.452 bits per heavy atom. The second-order valence-electron chi connectivity index (χ2n) is 18.2. The molecular weight excluding hydrogens is 949 g/mol. The molecule has 0 aromatic heterocycles. The molecule has 1 unspecified atom stereocenters. The first-order chi connectivity index (χ1) is 35.1. The molecule has 418 valence electrons. The van der Waals surface area contributed by atoms with E-state index in [1.165, 1.54) is 34.6 Å². The summed E-state index contributed by atoms with van der Waals surface area (Å²) in [5.41, 5.74) is 0. The number of rotatable bonds is 47. The summed E-state index contributed by atoms with van der Waals surface area (Å²) >= 11 is 0. The third-order valence-corrected chi connectivity index (χ3v) is 11.0. The minimum atomic E-state index is -0.857. The molecule has 0 radical (unpaired) electrons. The highest BCUT2D eigenvalue weighted by Crippen LogP contribution is 2.14. The lowest BCUT2D eigenvalue weighted by Crippen LogP contribution is -2.30. The van der Waals surface area contributed by atoms with Gasteiger partial charge in [0.1, 0.15) is 39.6 Å². The van der Waals surface area contributed by atoms with Crippen molar-refractivity contribution in [3.63, 3.8) is 0 Å². The van der Waals surface area contributed by atoms with Gasteiger partial charge in [0.25, 0.3) is 0 Å². The second-order valence-corrected chi connectivity index (χ2v) is 18.2. The molecule has 0 saturated heterocycles. The van der Waals surface area contributed by atoms with Crippen LogP contribution >= 0.6 is 0 Å². The van der Waals surface area contributed by atoms with Gasteiger partial charge in [0.15, 0.2) is 18.3 Å². The van der Waals surface area contributed by atoms with E-state index in [1.54, 1.807) is 0 Å². The molecule has 0 aliphatic carbocycles. The van der Waals surface area contributed by atoms with Crippen LogP contribution in [0.1, 0.15) is 214 Å². The van der Waals surface area contributed by atoms with Gasteiger partial charge in [0.05, 0.1) is 0 Å². The van der Waals surface area contributed by atoms with Crippen molar-refractivity contribution in [2.45, 2.75) is 233 Å². The van der Waals surface area contributed by atoms with Gasteiger partial charge in [-0.1, -0.05) is 101 Å². The molecule has 73 heavy (non-hydrogen) atoms. The molecule has 0 aromatic rings. The highest BCUT2D eigenvalue weighted by Gasteiger charge is 2.21. The predicted octanol–water partition coefficient (Wildman–Crippen LogP) is 10.1. The lowest BCUT2D eigenvalue weighted by atomic mass is 10.1. The zero-order valence-corrected chi connectivity index (χ0v) is 44.9. The zero-order chi connectivity index (χ0) is 54.2. The topological polar surface area (TPSA) is 237 Å². The van der Waals surface area contributed by atoms with E-state index in [0.717, 1.165) is 128 Å². The summed E-state index contributed by atoms with van der Waals surface area (Å²) in [5.74, 6) is -4.16. The first-order valence-electron chi connectivity index (χ1n) is 26.8. The Bertz CT molecular complexity index is 1570. The largest absolute Gasteiger partial charge is 0.462 e. The number of carbonyl (C=O) groups excluding carboxylic acids is 9. The fourth-order valence-electron chi connectivity index (χ4n) is 7.11. The molecule has 0 aliphatic heterocycles. The van der Waals surface area contributed by atoms with Crippen LogP contribution in [0.4, 0.5) is 0 Å². The van der Waals surface area contributed by atoms with Crippen molar-refractivity contribution in [3.8, 4) is 0 Å². The normalized spacial score (nSPS) is 11.6. The van der Waals surface area contributed by atoms with Crippen LogP contribution in [0.3, 0.4) is 0 Å². The predicted molar refractivity (Wildman–Crippen MR) is 271 cm³/mol. The summed E-state index contributed by atoms with van der Waals surface area (Å²) in [4.78, 5) is 105. The van der Waals surface area contributed by atoms with Crippen molar-refractivity contribution < 1.29 is 85.8 Å². The Morgan fingerprint density at radius 1 is 0.260 bits per heavy atom. The van der Waals surface area contributed by atoms with Crippen molar-refractivity contribution in [1.82, 2.24) is 0 Å². The molecule has 0 amide bonds. The van der Waals surface area contributed by atoms with E-state index in [9.17, 15) is 43.2 Å². The molecule has 0 N–H and O–H groups in total. The number of esters is 9. The quantitative estimate of drug-likeness (QED) is 0.0238. The minimum Gasteiger partial charge on any atom is -0.462 e. The maximum absolute atomic E-state index is 12.5. The Balaban J connectivity index is 3.95. The third-order valence-electron chi connectivity index (χ3n) is 11.0. The highest BCUT2D eigenvalue weighted by molar-refractivity contribution is 5.72. The summed E-state index contributed by atoms with van der Waals surface area (Å²) in [6.45, 7) is 5.29. The average molecular weight is 1040 g/mol. The molecule has 0 fully saturated rings. The molecule has 18 nitrogen and oxygen atoms in total. The van der Waals surface area contributed by atoms with E-state index in [-0.39, 0.29) is 71.3 Å². The van der Waals surface area contributed by atoms with Gasteiger partial charge < -0.3 is 42.6 Å². The first kappa shape index (κ1) is 67.7. The van der Waals surface area contributed by atoms with Crippen LogP contribution in [-0.4, -0.2) is 112 Å². The molecule has 0 aromatic carbocycles. The molecule has 0 saturated carbocycles. The maximum atomic E-state index is 12.5. The van der Waals surface area contributed by atoms with E-state index in [0.29, 0.717) is 25.7 Å². The second kappa shape index (κ2) is 47.7. The number of ether oxygens (including phenoxy) is 9. The zero-order valence-electron chi connectivity index (χ0n) is 44.9. The Labute approximate surface area is 435 Å². The maximum Gasteiger partial charge on any atom is 0.306 e. The van der Waals surface area contributed by atoms with Gasteiger partial charge >= 0.3 is 53.7 Å². The molecular formula is C55H90O18. The van der Waals surface area contributed by atoms with Crippen molar-refractivity contribution in [1.29, 1.82) is 0 Å². The molecule has 18 heteroatoms. The van der Waals surface area contributed by atoms with Crippen LogP contribution in [-0.2, 0) is 85.8 Å². The summed E-state index contributed by atoms with van der Waals surface area (Å²) in [6.07, 6.45) is 30.3. The fraction of sp³-hybridized carbons (Fsp3) is 0.764. The standard InChI is InChI=1S/C55H90O18/c1-44(56)65-38-49(39-66-45(2)57)71-53(62)35-31-27-23-19-15-11-7-6-10-14-18-22-26-30-34-52(61)70-43-51(42-69-48(5)60)73-55(64)37-33-29-25-21-17-13-9-8-12-16-20-24-28-32-36-54(63)72-50(40-67-46(3)58)41-68-47(4)59/h6-9,49-51H,10-43H2,1-5H3/b7-6+,9-8+. The van der Waals surface area contributed by atoms with E-state index in [1.807, 2.05) is 0 Å². The molecule has 0 spiro atoms. The molecule has 0 rings (SSSR count).